The van der Waals surface area contributed by atoms with Crippen LogP contribution < -0.4 is 4.74 Å². The zero-order chi connectivity index (χ0) is 14.7. The molecular weight excluding hydrogens is 324 g/mol. The molecule has 0 bridgehead atoms. The monoisotopic (exact) mass is 338 g/mol. The van der Waals surface area contributed by atoms with Gasteiger partial charge in [0.2, 0.25) is 0 Å². The molecule has 6 heteroatoms. The quantitative estimate of drug-likeness (QED) is 0.878. The molecule has 106 valence electrons. The first kappa shape index (κ1) is 14.6. The van der Waals surface area contributed by atoms with E-state index in [2.05, 4.69) is 32.8 Å². The molecule has 0 saturated carbocycles. The lowest BCUT2D eigenvalue weighted by Crippen LogP contribution is -2.00. The van der Waals surface area contributed by atoms with Crippen LogP contribution in [0.5, 0.6) is 5.75 Å². The maximum atomic E-state index is 10.8. The largest absolute Gasteiger partial charge is 0.496 e. The number of aromatic nitrogens is 2. The first-order valence-electron chi connectivity index (χ1n) is 6.18. The van der Waals surface area contributed by atoms with Crippen LogP contribution in [0.25, 0.3) is 11.4 Å². The normalized spacial score (nSPS) is 10.6. The Morgan fingerprint density at radius 1 is 1.50 bits per heavy atom. The van der Waals surface area contributed by atoms with Crippen LogP contribution in [0.2, 0.25) is 0 Å². The second-order valence-corrected chi connectivity index (χ2v) is 5.06. The fourth-order valence-electron chi connectivity index (χ4n) is 2.00. The number of methoxy groups -OCH3 is 1. The molecule has 2 rings (SSSR count). The van der Waals surface area contributed by atoms with Crippen molar-refractivity contribution in [2.75, 3.05) is 7.11 Å². The molecule has 0 spiro atoms. The number of nitrogens with one attached hydrogen (secondary N) is 1. The lowest BCUT2D eigenvalue weighted by molar-refractivity contribution is -0.136. The van der Waals surface area contributed by atoms with Crippen LogP contribution in [0.3, 0.4) is 0 Å². The van der Waals surface area contributed by atoms with E-state index in [-0.39, 0.29) is 6.42 Å². The number of carboxylic acids is 1. The van der Waals surface area contributed by atoms with Crippen LogP contribution >= 0.6 is 15.9 Å². The van der Waals surface area contributed by atoms with E-state index in [1.54, 1.807) is 7.11 Å². The van der Waals surface area contributed by atoms with Gasteiger partial charge in [0.05, 0.1) is 19.2 Å². The van der Waals surface area contributed by atoms with Gasteiger partial charge in [0.1, 0.15) is 16.2 Å². The maximum Gasteiger partial charge on any atom is 0.309 e. The Morgan fingerprint density at radius 2 is 2.25 bits per heavy atom. The van der Waals surface area contributed by atoms with Gasteiger partial charge in [0, 0.05) is 5.56 Å². The highest BCUT2D eigenvalue weighted by Crippen LogP contribution is 2.27. The number of carbonyl (C=O) groups is 1. The molecule has 20 heavy (non-hydrogen) atoms. The van der Waals surface area contributed by atoms with E-state index < -0.39 is 5.97 Å². The summed E-state index contributed by atoms with van der Waals surface area (Å²) in [5.41, 5.74) is 2.54. The van der Waals surface area contributed by atoms with Crippen LogP contribution in [0.1, 0.15) is 18.2 Å². The summed E-state index contributed by atoms with van der Waals surface area (Å²) in [4.78, 5) is 18.1. The Balaban J connectivity index is 2.39. The number of ether oxygens (including phenoxy) is 1. The molecule has 1 aromatic heterocycles. The molecule has 0 radical (unpaired) electrons. The van der Waals surface area contributed by atoms with E-state index >= 15 is 0 Å². The molecule has 1 aromatic carbocycles. The first-order valence-corrected chi connectivity index (χ1v) is 6.98. The smallest absolute Gasteiger partial charge is 0.309 e. The summed E-state index contributed by atoms with van der Waals surface area (Å²) in [6.45, 7) is 2.05. The molecule has 0 saturated heterocycles. The molecule has 1 heterocycles. The third-order valence-corrected chi connectivity index (χ3v) is 3.65. The van der Waals surface area contributed by atoms with Crippen LogP contribution in [0.15, 0.2) is 22.8 Å². The van der Waals surface area contributed by atoms with Gasteiger partial charge in [-0.25, -0.2) is 4.98 Å². The van der Waals surface area contributed by atoms with Gasteiger partial charge in [0.15, 0.2) is 0 Å². The fourth-order valence-corrected chi connectivity index (χ4v) is 2.41. The van der Waals surface area contributed by atoms with Gasteiger partial charge in [-0.2, -0.15) is 0 Å². The zero-order valence-corrected chi connectivity index (χ0v) is 12.8. The second kappa shape index (κ2) is 6.09. The molecule has 2 aromatic rings. The molecule has 5 nitrogen and oxygen atoms in total. The Hall–Kier alpha value is -1.82. The lowest BCUT2D eigenvalue weighted by Gasteiger charge is -2.07. The summed E-state index contributed by atoms with van der Waals surface area (Å²) in [5, 5.41) is 8.84. The predicted molar refractivity (Wildman–Crippen MR) is 79.0 cm³/mol. The summed E-state index contributed by atoms with van der Waals surface area (Å²) in [5.74, 6) is 0.586. The number of H-pyrrole nitrogens is 1. The van der Waals surface area contributed by atoms with Crippen molar-refractivity contribution in [2.45, 2.75) is 19.8 Å². The minimum atomic E-state index is -0.898. The minimum Gasteiger partial charge on any atom is -0.496 e. The van der Waals surface area contributed by atoms with Gasteiger partial charge in [0.25, 0.3) is 0 Å². The number of hydrogen-bond donors (Lipinski definition) is 2. The number of carboxylic acid groups (broad SMARTS) is 1. The van der Waals surface area contributed by atoms with Gasteiger partial charge in [-0.15, -0.1) is 0 Å². The summed E-state index contributed by atoms with van der Waals surface area (Å²) < 4.78 is 5.82. The fraction of sp³-hybridized carbons (Fsp3) is 0.286. The summed E-state index contributed by atoms with van der Waals surface area (Å²) in [7, 11) is 1.64. The van der Waals surface area contributed by atoms with Gasteiger partial charge < -0.3 is 14.8 Å². The maximum absolute atomic E-state index is 10.8. The van der Waals surface area contributed by atoms with Crippen molar-refractivity contribution in [1.82, 2.24) is 9.97 Å². The van der Waals surface area contributed by atoms with Crippen LogP contribution in [-0.4, -0.2) is 28.2 Å². The van der Waals surface area contributed by atoms with Gasteiger partial charge >= 0.3 is 5.97 Å². The highest BCUT2D eigenvalue weighted by Gasteiger charge is 2.13. The number of nitrogens with zero attached hydrogens (tertiary/aromatic N) is 1. The molecule has 0 aliphatic carbocycles. The van der Waals surface area contributed by atoms with Crippen molar-refractivity contribution in [3.05, 3.63) is 34.1 Å². The van der Waals surface area contributed by atoms with Crippen molar-refractivity contribution in [3.8, 4) is 17.1 Å². The van der Waals surface area contributed by atoms with Crippen LogP contribution in [0.4, 0.5) is 0 Å². The molecule has 0 atom stereocenters. The molecule has 0 unspecified atom stereocenters. The third-order valence-electron chi connectivity index (χ3n) is 2.99. The highest BCUT2D eigenvalue weighted by atomic mass is 79.9. The van der Waals surface area contributed by atoms with Crippen molar-refractivity contribution < 1.29 is 14.6 Å². The van der Waals surface area contributed by atoms with E-state index in [1.165, 1.54) is 0 Å². The summed E-state index contributed by atoms with van der Waals surface area (Å²) in [6, 6.07) is 5.78. The Kier molecular flexibility index (Phi) is 4.44. The molecule has 0 fully saturated rings. The Morgan fingerprint density at radius 3 is 2.85 bits per heavy atom. The summed E-state index contributed by atoms with van der Waals surface area (Å²) in [6.07, 6.45) is 0.755. The average molecular weight is 339 g/mol. The number of aromatic amines is 1. The number of benzene rings is 1. The number of rotatable bonds is 5. The van der Waals surface area contributed by atoms with Crippen molar-refractivity contribution in [3.63, 3.8) is 0 Å². The van der Waals surface area contributed by atoms with E-state index in [9.17, 15) is 4.79 Å². The molecular formula is C14H15BrN2O3. The standard InChI is InChI=1S/C14H15BrN2O3/c1-3-8-6-9(4-5-11(8)20-2)14-16-10(7-12(18)19)13(15)17-14/h4-6H,3,7H2,1-2H3,(H,16,17)(H,18,19). The van der Waals surface area contributed by atoms with E-state index in [1.807, 2.05) is 18.2 Å². The molecule has 0 aliphatic rings. The van der Waals surface area contributed by atoms with E-state index in [4.69, 9.17) is 9.84 Å². The average Bonchev–Trinajstić information content (AvgIpc) is 2.78. The molecule has 2 N–H and O–H groups in total. The number of hydrogen-bond acceptors (Lipinski definition) is 3. The highest BCUT2D eigenvalue weighted by molar-refractivity contribution is 9.10. The van der Waals surface area contributed by atoms with Gasteiger partial charge in [-0.05, 0) is 46.1 Å². The van der Waals surface area contributed by atoms with Crippen LogP contribution in [0, 0.1) is 0 Å². The van der Waals surface area contributed by atoms with Crippen LogP contribution in [-0.2, 0) is 17.6 Å². The van der Waals surface area contributed by atoms with E-state index in [0.29, 0.717) is 16.1 Å². The van der Waals surface area contributed by atoms with Crippen molar-refractivity contribution in [2.24, 2.45) is 0 Å². The SMILES string of the molecule is CCc1cc(-c2nc(Br)c(CC(=O)O)[nH]2)ccc1OC. The molecule has 0 amide bonds. The van der Waals surface area contributed by atoms with Crippen molar-refractivity contribution >= 4 is 21.9 Å². The number of halogens is 1. The summed E-state index contributed by atoms with van der Waals surface area (Å²) >= 11 is 3.28. The van der Waals surface area contributed by atoms with Gasteiger partial charge in [-0.3, -0.25) is 4.79 Å². The predicted octanol–water partition coefficient (Wildman–Crippen LogP) is 3.04. The minimum absolute atomic E-state index is 0.0929. The van der Waals surface area contributed by atoms with Crippen molar-refractivity contribution in [1.29, 1.82) is 0 Å². The molecule has 0 aliphatic heterocycles. The number of aliphatic carboxylic acids is 1. The topological polar surface area (TPSA) is 75.2 Å². The second-order valence-electron chi connectivity index (χ2n) is 4.31. The lowest BCUT2D eigenvalue weighted by atomic mass is 10.1. The first-order chi connectivity index (χ1) is 9.55. The Bertz CT molecular complexity index is 637. The van der Waals surface area contributed by atoms with Gasteiger partial charge in [-0.1, -0.05) is 6.92 Å². The number of aryl methyl sites for hydroxylation is 1. The third kappa shape index (κ3) is 3.01. The number of imidazole rings is 1. The zero-order valence-electron chi connectivity index (χ0n) is 11.2. The Labute approximate surface area is 125 Å². The van der Waals surface area contributed by atoms with E-state index in [0.717, 1.165) is 23.3 Å².